The van der Waals surface area contributed by atoms with Crippen molar-refractivity contribution >= 4 is 23.2 Å². The van der Waals surface area contributed by atoms with E-state index in [2.05, 4.69) is 30.0 Å². The molecule has 0 bridgehead atoms. The number of fused-ring (bicyclic) bond motifs is 1. The average molecular weight is 351 g/mol. The minimum absolute atomic E-state index is 0.184. The summed E-state index contributed by atoms with van der Waals surface area (Å²) in [4.78, 5) is 12.1. The molecule has 24 heavy (non-hydrogen) atoms. The maximum absolute atomic E-state index is 12.1. The minimum atomic E-state index is -0.284. The molecule has 1 aromatic rings. The van der Waals surface area contributed by atoms with Gasteiger partial charge in [0.15, 0.2) is 16.6 Å². The van der Waals surface area contributed by atoms with Crippen LogP contribution in [0.4, 0.5) is 0 Å². The van der Waals surface area contributed by atoms with Crippen LogP contribution in [0.25, 0.3) is 0 Å². The van der Waals surface area contributed by atoms with Crippen molar-refractivity contribution in [3.63, 3.8) is 0 Å². The Balaban J connectivity index is 1.68. The van der Waals surface area contributed by atoms with Crippen LogP contribution in [0.5, 0.6) is 11.5 Å². The molecular weight excluding hydrogens is 326 g/mol. The van der Waals surface area contributed by atoms with Gasteiger partial charge in [-0.15, -0.1) is 0 Å². The zero-order chi connectivity index (χ0) is 17.4. The summed E-state index contributed by atoms with van der Waals surface area (Å²) >= 11 is 5.17. The summed E-state index contributed by atoms with van der Waals surface area (Å²) in [6, 6.07) is 5.04. The molecule has 0 fully saturated rings. The fourth-order valence-corrected chi connectivity index (χ4v) is 2.51. The molecule has 1 atom stereocenters. The lowest BCUT2D eigenvalue weighted by Gasteiger charge is -2.15. The molecule has 132 valence electrons. The first kappa shape index (κ1) is 18.3. The Morgan fingerprint density at radius 3 is 2.83 bits per heavy atom. The standard InChI is InChI=1S/C17H25N3O3S/c1-3-4-5-6-12(2)10-18-17(24)20-19-16(21)13-7-8-14-15(9-13)23-11-22-14/h7-9,12H,3-6,10-11H2,1-2H3,(H,19,21)(H2,18,20,24)/t12-/m0/s1. The number of benzene rings is 1. The Kier molecular flexibility index (Phi) is 7.11. The molecule has 1 amide bonds. The van der Waals surface area contributed by atoms with Gasteiger partial charge in [-0.1, -0.05) is 33.1 Å². The average Bonchev–Trinajstić information content (AvgIpc) is 3.05. The van der Waals surface area contributed by atoms with Crippen LogP contribution in [-0.4, -0.2) is 24.4 Å². The monoisotopic (exact) mass is 351 g/mol. The fourth-order valence-electron chi connectivity index (χ4n) is 2.38. The van der Waals surface area contributed by atoms with Crippen molar-refractivity contribution in [3.8, 4) is 11.5 Å². The summed E-state index contributed by atoms with van der Waals surface area (Å²) < 4.78 is 10.5. The molecule has 0 saturated heterocycles. The highest BCUT2D eigenvalue weighted by Gasteiger charge is 2.16. The fraction of sp³-hybridized carbons (Fsp3) is 0.529. The molecule has 0 unspecified atom stereocenters. The van der Waals surface area contributed by atoms with Crippen LogP contribution < -0.4 is 25.6 Å². The summed E-state index contributed by atoms with van der Waals surface area (Å²) in [5, 5.41) is 3.53. The van der Waals surface area contributed by atoms with Crippen LogP contribution >= 0.6 is 12.2 Å². The zero-order valence-electron chi connectivity index (χ0n) is 14.2. The van der Waals surface area contributed by atoms with Gasteiger partial charge in [0, 0.05) is 12.1 Å². The van der Waals surface area contributed by atoms with Crippen LogP contribution in [0.1, 0.15) is 49.9 Å². The number of thiocarbonyl (C=S) groups is 1. The summed E-state index contributed by atoms with van der Waals surface area (Å²) in [6.45, 7) is 5.36. The SMILES string of the molecule is CCCCC[C@H](C)CNC(=S)NNC(=O)c1ccc2c(c1)OCO2. The second kappa shape index (κ2) is 9.32. The first-order valence-electron chi connectivity index (χ1n) is 8.34. The number of ether oxygens (including phenoxy) is 2. The molecule has 0 aromatic heterocycles. The Labute approximate surface area is 148 Å². The molecule has 1 heterocycles. The minimum Gasteiger partial charge on any atom is -0.454 e. The van der Waals surface area contributed by atoms with E-state index in [4.69, 9.17) is 21.7 Å². The number of hydrogen-bond donors (Lipinski definition) is 3. The molecule has 1 aromatic carbocycles. The van der Waals surface area contributed by atoms with Crippen LogP contribution in [0.3, 0.4) is 0 Å². The van der Waals surface area contributed by atoms with Gasteiger partial charge in [0.2, 0.25) is 6.79 Å². The molecule has 3 N–H and O–H groups in total. The molecule has 6 nitrogen and oxygen atoms in total. The van der Waals surface area contributed by atoms with E-state index < -0.39 is 0 Å². The maximum atomic E-state index is 12.1. The van der Waals surface area contributed by atoms with Crippen LogP contribution in [0.15, 0.2) is 18.2 Å². The highest BCUT2D eigenvalue weighted by molar-refractivity contribution is 7.80. The summed E-state index contributed by atoms with van der Waals surface area (Å²) in [5.41, 5.74) is 5.77. The lowest BCUT2D eigenvalue weighted by atomic mass is 10.0. The third-order valence-corrected chi connectivity index (χ3v) is 4.08. The van der Waals surface area contributed by atoms with Gasteiger partial charge in [-0.05, 0) is 42.8 Å². The predicted octanol–water partition coefficient (Wildman–Crippen LogP) is 2.74. The van der Waals surface area contributed by atoms with E-state index in [9.17, 15) is 4.79 Å². The number of unbranched alkanes of at least 4 members (excludes halogenated alkanes) is 2. The molecule has 7 heteroatoms. The third kappa shape index (κ3) is 5.56. The molecule has 0 saturated carbocycles. The van der Waals surface area contributed by atoms with Gasteiger partial charge in [-0.2, -0.15) is 0 Å². The van der Waals surface area contributed by atoms with Crippen molar-refractivity contribution < 1.29 is 14.3 Å². The molecule has 1 aliphatic rings. The second-order valence-corrected chi connectivity index (χ2v) is 6.37. The van der Waals surface area contributed by atoms with Gasteiger partial charge in [0.05, 0.1) is 0 Å². The van der Waals surface area contributed by atoms with E-state index in [1.165, 1.54) is 25.7 Å². The van der Waals surface area contributed by atoms with Gasteiger partial charge in [-0.3, -0.25) is 15.6 Å². The molecule has 0 aliphatic carbocycles. The molecular formula is C17H25N3O3S. The number of carbonyl (C=O) groups excluding carboxylic acids is 1. The van der Waals surface area contributed by atoms with Crippen LogP contribution in [-0.2, 0) is 0 Å². The number of nitrogens with one attached hydrogen (secondary N) is 3. The number of amides is 1. The number of carbonyl (C=O) groups is 1. The van der Waals surface area contributed by atoms with Crippen LogP contribution in [0.2, 0.25) is 0 Å². The maximum Gasteiger partial charge on any atom is 0.269 e. The first-order valence-corrected chi connectivity index (χ1v) is 8.74. The smallest absolute Gasteiger partial charge is 0.269 e. The van der Waals surface area contributed by atoms with Crippen LogP contribution in [0, 0.1) is 5.92 Å². The zero-order valence-corrected chi connectivity index (χ0v) is 15.0. The summed E-state index contributed by atoms with van der Waals surface area (Å²) in [7, 11) is 0. The highest BCUT2D eigenvalue weighted by Crippen LogP contribution is 2.32. The summed E-state index contributed by atoms with van der Waals surface area (Å²) in [6.07, 6.45) is 4.90. The molecule has 1 aliphatic heterocycles. The van der Waals surface area contributed by atoms with E-state index in [-0.39, 0.29) is 12.7 Å². The van der Waals surface area contributed by atoms with Gasteiger partial charge in [0.1, 0.15) is 0 Å². The van der Waals surface area contributed by atoms with Crippen molar-refractivity contribution in [1.82, 2.24) is 16.2 Å². The Morgan fingerprint density at radius 1 is 1.25 bits per heavy atom. The second-order valence-electron chi connectivity index (χ2n) is 5.96. The van der Waals surface area contributed by atoms with Gasteiger partial charge in [0.25, 0.3) is 5.91 Å². The highest BCUT2D eigenvalue weighted by atomic mass is 32.1. The molecule has 0 spiro atoms. The van der Waals surface area contributed by atoms with E-state index in [0.717, 1.165) is 6.54 Å². The number of hydrogen-bond acceptors (Lipinski definition) is 4. The van der Waals surface area contributed by atoms with Crippen molar-refractivity contribution in [2.45, 2.75) is 39.5 Å². The number of hydrazine groups is 1. The van der Waals surface area contributed by atoms with Gasteiger partial charge < -0.3 is 14.8 Å². The quantitative estimate of drug-likeness (QED) is 0.399. The van der Waals surface area contributed by atoms with E-state index >= 15 is 0 Å². The van der Waals surface area contributed by atoms with Crippen molar-refractivity contribution in [1.29, 1.82) is 0 Å². The lowest BCUT2D eigenvalue weighted by molar-refractivity contribution is 0.0943. The molecule has 0 radical (unpaired) electrons. The van der Waals surface area contributed by atoms with Crippen molar-refractivity contribution in [2.24, 2.45) is 5.92 Å². The van der Waals surface area contributed by atoms with Gasteiger partial charge >= 0.3 is 0 Å². The first-order chi connectivity index (χ1) is 11.6. The van der Waals surface area contributed by atoms with E-state index in [0.29, 0.717) is 28.1 Å². The number of rotatable bonds is 7. The predicted molar refractivity (Wildman–Crippen MR) is 97.1 cm³/mol. The summed E-state index contributed by atoms with van der Waals surface area (Å²) in [5.74, 6) is 1.48. The van der Waals surface area contributed by atoms with Gasteiger partial charge in [-0.25, -0.2) is 0 Å². The van der Waals surface area contributed by atoms with E-state index in [1.807, 2.05) is 0 Å². The normalized spacial score (nSPS) is 13.2. The van der Waals surface area contributed by atoms with Crippen molar-refractivity contribution in [3.05, 3.63) is 23.8 Å². The lowest BCUT2D eigenvalue weighted by Crippen LogP contribution is -2.47. The van der Waals surface area contributed by atoms with E-state index in [1.54, 1.807) is 18.2 Å². The molecule has 2 rings (SSSR count). The topological polar surface area (TPSA) is 71.6 Å². The Morgan fingerprint density at radius 2 is 2.04 bits per heavy atom. The van der Waals surface area contributed by atoms with Crippen molar-refractivity contribution in [2.75, 3.05) is 13.3 Å². The largest absolute Gasteiger partial charge is 0.454 e. The Hall–Kier alpha value is -2.02. The third-order valence-electron chi connectivity index (χ3n) is 3.84. The Bertz CT molecular complexity index is 580.